The third kappa shape index (κ3) is 3.59. The third-order valence-corrected chi connectivity index (χ3v) is 12.4. The van der Waals surface area contributed by atoms with Gasteiger partial charge in [0.1, 0.15) is 5.41 Å². The van der Waals surface area contributed by atoms with Crippen LogP contribution in [-0.2, 0) is 31.1 Å². The van der Waals surface area contributed by atoms with E-state index in [0.717, 1.165) is 49.7 Å². The van der Waals surface area contributed by atoms with Crippen molar-refractivity contribution >= 4 is 17.7 Å². The van der Waals surface area contributed by atoms with E-state index in [4.69, 9.17) is 15.2 Å². The van der Waals surface area contributed by atoms with E-state index in [0.29, 0.717) is 56.0 Å². The van der Waals surface area contributed by atoms with E-state index >= 15 is 0 Å². The van der Waals surface area contributed by atoms with Gasteiger partial charge in [0.2, 0.25) is 0 Å². The van der Waals surface area contributed by atoms with Crippen molar-refractivity contribution in [3.05, 3.63) is 71.3 Å². The van der Waals surface area contributed by atoms with Crippen molar-refractivity contribution < 1.29 is 23.9 Å². The van der Waals surface area contributed by atoms with Crippen molar-refractivity contribution in [2.45, 2.75) is 96.2 Å². The lowest BCUT2D eigenvalue weighted by Gasteiger charge is -2.70. The molecule has 4 aliphatic carbocycles. The number of Topliss-reactive ketones (excluding diaryl/α,β-unsaturated/α-hetero) is 1. The molecule has 2 saturated carbocycles. The van der Waals surface area contributed by atoms with Crippen LogP contribution >= 0.6 is 0 Å². The molecule has 228 valence electrons. The number of hydrogen-bond acceptors (Lipinski definition) is 6. The Morgan fingerprint density at radius 1 is 1.16 bits per heavy atom. The summed E-state index contributed by atoms with van der Waals surface area (Å²) in [5.74, 6) is -0.223. The summed E-state index contributed by atoms with van der Waals surface area (Å²) in [5, 5.41) is 0. The molecule has 1 spiro atoms. The van der Waals surface area contributed by atoms with Crippen LogP contribution in [0.25, 0.3) is 0 Å². The van der Waals surface area contributed by atoms with Gasteiger partial charge < -0.3 is 15.2 Å². The monoisotopic (exact) mass is 583 g/mol. The van der Waals surface area contributed by atoms with E-state index < -0.39 is 22.5 Å². The first-order valence-corrected chi connectivity index (χ1v) is 16.6. The SMILES string of the molecule is CCC(C)CC1C23C=CCCC2(C(C(=O)CCC24C=CC=CC2CCC4)OC3=O)C12OC(=O)c1c(CCCN)cccc12. The maximum absolute atomic E-state index is 14.5. The lowest BCUT2D eigenvalue weighted by Crippen LogP contribution is -2.78. The van der Waals surface area contributed by atoms with E-state index in [9.17, 15) is 14.4 Å². The Balaban J connectivity index is 1.33. The second-order valence-electron chi connectivity index (χ2n) is 14.2. The van der Waals surface area contributed by atoms with Gasteiger partial charge in [0.25, 0.3) is 0 Å². The normalized spacial score (nSPS) is 38.6. The highest BCUT2D eigenvalue weighted by Crippen LogP contribution is 2.83. The minimum absolute atomic E-state index is 0.00500. The molecular formula is C37H45NO5. The van der Waals surface area contributed by atoms with Crippen LogP contribution in [0.4, 0.5) is 0 Å². The molecule has 2 aliphatic heterocycles. The molecular weight excluding hydrogens is 538 g/mol. The van der Waals surface area contributed by atoms with Crippen molar-refractivity contribution in [3.63, 3.8) is 0 Å². The van der Waals surface area contributed by atoms with Crippen LogP contribution in [-0.4, -0.2) is 30.4 Å². The van der Waals surface area contributed by atoms with Crippen LogP contribution in [0.1, 0.15) is 99.5 Å². The first kappa shape index (κ1) is 28.8. The standard InChI is InChI=1S/C37H45NO5/c1-3-24(2)23-29-35-19-6-7-20-36(35,37(29)27-15-8-11-25(12-10-22-38)30(27)32(40)43-37)31(42-33(35)41)28(39)16-21-34-17-5-4-13-26(34)14-9-18-34/h4-6,8,11,13,15,17,19,24,26,29,31H,3,7,9-10,12,14,16,18,20-23,38H2,1-2H3. The average Bonchev–Trinajstić information content (AvgIpc) is 3.67. The summed E-state index contributed by atoms with van der Waals surface area (Å²) in [6.07, 6.45) is 20.9. The van der Waals surface area contributed by atoms with Crippen LogP contribution in [0.15, 0.2) is 54.7 Å². The Morgan fingerprint density at radius 2 is 2.02 bits per heavy atom. The lowest BCUT2D eigenvalue weighted by molar-refractivity contribution is -0.293. The summed E-state index contributed by atoms with van der Waals surface area (Å²) in [5.41, 5.74) is 5.22. The molecule has 6 heteroatoms. The minimum atomic E-state index is -1.08. The molecule has 3 fully saturated rings. The fourth-order valence-electron chi connectivity index (χ4n) is 10.4. The number of aryl methyl sites for hydroxylation is 1. The van der Waals surface area contributed by atoms with Crippen molar-refractivity contribution in [2.24, 2.45) is 39.7 Å². The quantitative estimate of drug-likeness (QED) is 0.249. The number of cyclic esters (lactones) is 1. The second kappa shape index (κ2) is 10.3. The molecule has 1 aromatic carbocycles. The van der Waals surface area contributed by atoms with E-state index in [2.05, 4.69) is 44.2 Å². The number of allylic oxidation sites excluding steroid dienone is 5. The van der Waals surface area contributed by atoms with Crippen LogP contribution in [0.5, 0.6) is 0 Å². The number of carbonyl (C=O) groups is 3. The van der Waals surface area contributed by atoms with Crippen LogP contribution in [0.3, 0.4) is 0 Å². The topological polar surface area (TPSA) is 95.7 Å². The average molecular weight is 584 g/mol. The summed E-state index contributed by atoms with van der Waals surface area (Å²) >= 11 is 0. The predicted molar refractivity (Wildman–Crippen MR) is 164 cm³/mol. The zero-order valence-corrected chi connectivity index (χ0v) is 25.6. The van der Waals surface area contributed by atoms with Crippen molar-refractivity contribution in [1.29, 1.82) is 0 Å². The predicted octanol–water partition coefficient (Wildman–Crippen LogP) is 6.52. The van der Waals surface area contributed by atoms with Crippen LogP contribution in [0.2, 0.25) is 0 Å². The molecule has 6 aliphatic rings. The first-order valence-electron chi connectivity index (χ1n) is 16.6. The molecule has 8 unspecified atom stereocenters. The number of fused-ring (bicyclic) bond motifs is 3. The fraction of sp³-hybridized carbons (Fsp3) is 0.595. The first-order chi connectivity index (χ1) is 20.8. The van der Waals surface area contributed by atoms with Gasteiger partial charge >= 0.3 is 11.9 Å². The Hall–Kier alpha value is -2.99. The van der Waals surface area contributed by atoms with E-state index in [1.807, 2.05) is 24.3 Å². The molecule has 2 heterocycles. The molecule has 0 aromatic heterocycles. The van der Waals surface area contributed by atoms with Gasteiger partial charge in [0, 0.05) is 17.9 Å². The molecule has 6 nitrogen and oxygen atoms in total. The van der Waals surface area contributed by atoms with Crippen molar-refractivity contribution in [3.8, 4) is 0 Å². The summed E-state index contributed by atoms with van der Waals surface area (Å²) in [6, 6.07) is 6.00. The highest BCUT2D eigenvalue weighted by Gasteiger charge is 2.92. The van der Waals surface area contributed by atoms with Crippen molar-refractivity contribution in [1.82, 2.24) is 0 Å². The third-order valence-electron chi connectivity index (χ3n) is 12.4. The van der Waals surface area contributed by atoms with Gasteiger partial charge in [-0.3, -0.25) is 9.59 Å². The number of hydrogen-bond donors (Lipinski definition) is 1. The number of nitrogens with two attached hydrogens (primary N) is 1. The number of rotatable bonds is 10. The number of benzene rings is 1. The lowest BCUT2D eigenvalue weighted by atomic mass is 9.30. The molecule has 0 bridgehead atoms. The largest absolute Gasteiger partial charge is 0.453 e. The molecule has 2 N–H and O–H groups in total. The number of carbonyl (C=O) groups excluding carboxylic acids is 3. The Labute approximate surface area is 255 Å². The van der Waals surface area contributed by atoms with Gasteiger partial charge in [0.15, 0.2) is 17.5 Å². The van der Waals surface area contributed by atoms with Gasteiger partial charge in [0.05, 0.1) is 11.0 Å². The highest BCUT2D eigenvalue weighted by atomic mass is 16.6. The molecule has 1 saturated heterocycles. The van der Waals surface area contributed by atoms with E-state index in [1.165, 1.54) is 0 Å². The van der Waals surface area contributed by atoms with E-state index in [-0.39, 0.29) is 29.1 Å². The number of esters is 2. The highest BCUT2D eigenvalue weighted by molar-refractivity contribution is 6.01. The maximum atomic E-state index is 14.5. The molecule has 43 heavy (non-hydrogen) atoms. The molecule has 8 atom stereocenters. The van der Waals surface area contributed by atoms with Gasteiger partial charge in [-0.25, -0.2) is 4.79 Å². The van der Waals surface area contributed by atoms with Crippen LogP contribution < -0.4 is 5.73 Å². The van der Waals surface area contributed by atoms with Gasteiger partial charge in [-0.1, -0.05) is 81.3 Å². The molecule has 0 radical (unpaired) electrons. The maximum Gasteiger partial charge on any atom is 0.339 e. The Kier molecular flexibility index (Phi) is 6.88. The zero-order valence-electron chi connectivity index (χ0n) is 25.6. The Morgan fingerprint density at radius 3 is 2.84 bits per heavy atom. The summed E-state index contributed by atoms with van der Waals surface area (Å²) in [6.45, 7) is 4.88. The number of ether oxygens (including phenoxy) is 2. The van der Waals surface area contributed by atoms with Crippen LogP contribution in [0, 0.1) is 34.0 Å². The molecule has 7 rings (SSSR count). The smallest absolute Gasteiger partial charge is 0.339 e. The number of ketones is 1. The minimum Gasteiger partial charge on any atom is -0.453 e. The van der Waals surface area contributed by atoms with E-state index in [1.54, 1.807) is 0 Å². The zero-order chi connectivity index (χ0) is 30.0. The van der Waals surface area contributed by atoms with Gasteiger partial charge in [-0.2, -0.15) is 0 Å². The molecule has 1 aromatic rings. The van der Waals surface area contributed by atoms with Gasteiger partial charge in [-0.15, -0.1) is 0 Å². The Bertz CT molecular complexity index is 1440. The summed E-state index contributed by atoms with van der Waals surface area (Å²) in [7, 11) is 0. The van der Waals surface area contributed by atoms with Gasteiger partial charge in [-0.05, 0) is 80.7 Å². The molecule has 0 amide bonds. The second-order valence-corrected chi connectivity index (χ2v) is 14.2. The summed E-state index contributed by atoms with van der Waals surface area (Å²) < 4.78 is 13.0. The fourth-order valence-corrected chi connectivity index (χ4v) is 10.4. The summed E-state index contributed by atoms with van der Waals surface area (Å²) in [4.78, 5) is 42.6. The van der Waals surface area contributed by atoms with Crippen molar-refractivity contribution in [2.75, 3.05) is 6.54 Å².